The maximum absolute atomic E-state index is 12.6. The van der Waals surface area contributed by atoms with Crippen molar-refractivity contribution >= 4 is 29.3 Å². The van der Waals surface area contributed by atoms with E-state index in [1.165, 1.54) is 0 Å². The highest BCUT2D eigenvalue weighted by Gasteiger charge is 2.25. The van der Waals surface area contributed by atoms with E-state index in [0.29, 0.717) is 19.8 Å². The Morgan fingerprint density at radius 2 is 1.81 bits per heavy atom. The first kappa shape index (κ1) is 20.2. The Labute approximate surface area is 170 Å². The molecular formula is C21H25ClN2O2S. The van der Waals surface area contributed by atoms with Gasteiger partial charge in [0.2, 0.25) is 5.91 Å². The summed E-state index contributed by atoms with van der Waals surface area (Å²) in [7, 11) is 0. The SMILES string of the molecule is CC(Sc1ccccc1)C(=O)NCC(c1ccccc1Cl)N1CCOCC1. The normalized spacial score (nSPS) is 17.3. The number of rotatable bonds is 7. The number of halogens is 1. The summed E-state index contributed by atoms with van der Waals surface area (Å²) in [6.07, 6.45) is 0. The van der Waals surface area contributed by atoms with Crippen LogP contribution in [0.2, 0.25) is 5.02 Å². The number of ether oxygens (including phenoxy) is 1. The maximum Gasteiger partial charge on any atom is 0.233 e. The molecule has 1 fully saturated rings. The van der Waals surface area contributed by atoms with Gasteiger partial charge < -0.3 is 10.1 Å². The zero-order valence-corrected chi connectivity index (χ0v) is 17.0. The average Bonchev–Trinajstić information content (AvgIpc) is 2.71. The number of carbonyl (C=O) groups is 1. The monoisotopic (exact) mass is 404 g/mol. The van der Waals surface area contributed by atoms with Crippen molar-refractivity contribution in [1.29, 1.82) is 0 Å². The molecule has 2 unspecified atom stereocenters. The van der Waals surface area contributed by atoms with Crippen LogP contribution in [0.25, 0.3) is 0 Å². The van der Waals surface area contributed by atoms with E-state index in [2.05, 4.69) is 10.2 Å². The Bertz CT molecular complexity index is 738. The topological polar surface area (TPSA) is 41.6 Å². The summed E-state index contributed by atoms with van der Waals surface area (Å²) < 4.78 is 5.48. The fourth-order valence-electron chi connectivity index (χ4n) is 3.17. The van der Waals surface area contributed by atoms with Crippen molar-refractivity contribution in [3.63, 3.8) is 0 Å². The van der Waals surface area contributed by atoms with Crippen LogP contribution in [0.3, 0.4) is 0 Å². The van der Waals surface area contributed by atoms with Crippen molar-refractivity contribution in [1.82, 2.24) is 10.2 Å². The lowest BCUT2D eigenvalue weighted by Crippen LogP contribution is -2.45. The van der Waals surface area contributed by atoms with Gasteiger partial charge in [0.1, 0.15) is 0 Å². The lowest BCUT2D eigenvalue weighted by atomic mass is 10.0. The molecule has 0 bridgehead atoms. The van der Waals surface area contributed by atoms with Crippen LogP contribution >= 0.6 is 23.4 Å². The number of hydrogen-bond acceptors (Lipinski definition) is 4. The van der Waals surface area contributed by atoms with Crippen molar-refractivity contribution in [3.8, 4) is 0 Å². The highest BCUT2D eigenvalue weighted by Crippen LogP contribution is 2.28. The summed E-state index contributed by atoms with van der Waals surface area (Å²) in [5, 5.41) is 3.69. The Hall–Kier alpha value is -1.53. The molecule has 6 heteroatoms. The van der Waals surface area contributed by atoms with Crippen molar-refractivity contribution in [2.24, 2.45) is 0 Å². The van der Waals surface area contributed by atoms with E-state index >= 15 is 0 Å². The van der Waals surface area contributed by atoms with Crippen LogP contribution in [-0.4, -0.2) is 48.9 Å². The molecule has 3 rings (SSSR count). The summed E-state index contributed by atoms with van der Waals surface area (Å²) >= 11 is 8.01. The van der Waals surface area contributed by atoms with E-state index in [1.54, 1.807) is 11.8 Å². The first-order chi connectivity index (χ1) is 13.1. The minimum absolute atomic E-state index is 0.0363. The summed E-state index contributed by atoms with van der Waals surface area (Å²) in [5.41, 5.74) is 1.05. The lowest BCUT2D eigenvalue weighted by molar-refractivity contribution is -0.120. The maximum atomic E-state index is 12.6. The molecule has 0 aromatic heterocycles. The molecule has 4 nitrogen and oxygen atoms in total. The third-order valence-corrected chi connectivity index (χ3v) is 6.10. The fourth-order valence-corrected chi connectivity index (χ4v) is 4.34. The molecule has 2 aromatic carbocycles. The van der Waals surface area contributed by atoms with Crippen LogP contribution in [0.1, 0.15) is 18.5 Å². The zero-order valence-electron chi connectivity index (χ0n) is 15.4. The van der Waals surface area contributed by atoms with E-state index in [0.717, 1.165) is 28.6 Å². The van der Waals surface area contributed by atoms with Gasteiger partial charge in [-0.1, -0.05) is 48.0 Å². The summed E-state index contributed by atoms with van der Waals surface area (Å²) in [6.45, 7) is 5.54. The van der Waals surface area contributed by atoms with E-state index in [1.807, 2.05) is 61.5 Å². The van der Waals surface area contributed by atoms with Crippen LogP contribution in [0.5, 0.6) is 0 Å². The first-order valence-electron chi connectivity index (χ1n) is 9.21. The van der Waals surface area contributed by atoms with Gasteiger partial charge in [-0.2, -0.15) is 0 Å². The molecule has 1 saturated heterocycles. The molecule has 0 spiro atoms. The largest absolute Gasteiger partial charge is 0.379 e. The highest BCUT2D eigenvalue weighted by molar-refractivity contribution is 8.00. The van der Waals surface area contributed by atoms with Gasteiger partial charge in [0, 0.05) is 29.6 Å². The standard InChI is InChI=1S/C21H25ClN2O2S/c1-16(27-17-7-3-2-4-8-17)21(25)23-15-20(24-11-13-26-14-12-24)18-9-5-6-10-19(18)22/h2-10,16,20H,11-15H2,1H3,(H,23,25). The lowest BCUT2D eigenvalue weighted by Gasteiger charge is -2.35. The molecule has 144 valence electrons. The van der Waals surface area contributed by atoms with Gasteiger partial charge in [0.05, 0.1) is 24.5 Å². The van der Waals surface area contributed by atoms with Crippen LogP contribution in [-0.2, 0) is 9.53 Å². The van der Waals surface area contributed by atoms with E-state index in [-0.39, 0.29) is 17.2 Å². The molecule has 0 radical (unpaired) electrons. The molecule has 0 aliphatic carbocycles. The Balaban J connectivity index is 1.65. The second-order valence-corrected chi connectivity index (χ2v) is 8.33. The van der Waals surface area contributed by atoms with Gasteiger partial charge in [-0.05, 0) is 30.7 Å². The minimum atomic E-state index is -0.163. The molecule has 1 N–H and O–H groups in total. The highest BCUT2D eigenvalue weighted by atomic mass is 35.5. The number of nitrogens with one attached hydrogen (secondary N) is 1. The van der Waals surface area contributed by atoms with E-state index < -0.39 is 0 Å². The number of benzene rings is 2. The number of carbonyl (C=O) groups excluding carboxylic acids is 1. The molecular weight excluding hydrogens is 380 g/mol. The van der Waals surface area contributed by atoms with Gasteiger partial charge >= 0.3 is 0 Å². The summed E-state index contributed by atoms with van der Waals surface area (Å²) in [6, 6.07) is 17.9. The molecule has 1 aliphatic heterocycles. The zero-order chi connectivity index (χ0) is 19.1. The molecule has 1 heterocycles. The van der Waals surface area contributed by atoms with E-state index in [9.17, 15) is 4.79 Å². The number of thioether (sulfide) groups is 1. The average molecular weight is 405 g/mol. The second-order valence-electron chi connectivity index (χ2n) is 6.50. The van der Waals surface area contributed by atoms with Crippen molar-refractivity contribution in [2.75, 3.05) is 32.8 Å². The predicted octanol–water partition coefficient (Wildman–Crippen LogP) is 4.01. The van der Waals surface area contributed by atoms with Gasteiger partial charge in [0.15, 0.2) is 0 Å². The molecule has 1 amide bonds. The molecule has 2 atom stereocenters. The number of nitrogens with zero attached hydrogens (tertiary/aromatic N) is 1. The van der Waals surface area contributed by atoms with Crippen molar-refractivity contribution in [3.05, 3.63) is 65.2 Å². The minimum Gasteiger partial charge on any atom is -0.379 e. The molecule has 1 aliphatic rings. The number of morpholine rings is 1. The van der Waals surface area contributed by atoms with Crippen LogP contribution in [0, 0.1) is 0 Å². The van der Waals surface area contributed by atoms with Gasteiger partial charge in [0.25, 0.3) is 0 Å². The number of amides is 1. The summed E-state index contributed by atoms with van der Waals surface area (Å²) in [5.74, 6) is 0.0363. The predicted molar refractivity (Wildman–Crippen MR) is 111 cm³/mol. The van der Waals surface area contributed by atoms with Crippen LogP contribution in [0.4, 0.5) is 0 Å². The third kappa shape index (κ3) is 5.72. The van der Waals surface area contributed by atoms with Crippen molar-refractivity contribution < 1.29 is 9.53 Å². The molecule has 2 aromatic rings. The first-order valence-corrected chi connectivity index (χ1v) is 10.5. The Kier molecular flexibility index (Phi) is 7.59. The quantitative estimate of drug-likeness (QED) is 0.708. The smallest absolute Gasteiger partial charge is 0.233 e. The van der Waals surface area contributed by atoms with Gasteiger partial charge in [-0.25, -0.2) is 0 Å². The van der Waals surface area contributed by atoms with Crippen molar-refractivity contribution in [2.45, 2.75) is 23.1 Å². The second kappa shape index (κ2) is 10.1. The fraction of sp³-hybridized carbons (Fsp3) is 0.381. The van der Waals surface area contributed by atoms with Gasteiger partial charge in [-0.15, -0.1) is 11.8 Å². The molecule has 0 saturated carbocycles. The van der Waals surface area contributed by atoms with Gasteiger partial charge in [-0.3, -0.25) is 9.69 Å². The third-order valence-electron chi connectivity index (χ3n) is 4.65. The van der Waals surface area contributed by atoms with E-state index in [4.69, 9.17) is 16.3 Å². The van der Waals surface area contributed by atoms with Crippen LogP contribution in [0.15, 0.2) is 59.5 Å². The summed E-state index contributed by atoms with van der Waals surface area (Å²) in [4.78, 5) is 16.1. The Morgan fingerprint density at radius 1 is 1.15 bits per heavy atom. The van der Waals surface area contributed by atoms with Crippen LogP contribution < -0.4 is 5.32 Å². The molecule has 27 heavy (non-hydrogen) atoms. The number of hydrogen-bond donors (Lipinski definition) is 1. The Morgan fingerprint density at radius 3 is 2.52 bits per heavy atom.